The largest absolute Gasteiger partial charge is 0.452 e. The van der Waals surface area contributed by atoms with Gasteiger partial charge in [0.05, 0.1) is 23.2 Å². The molecule has 150 valence electrons. The average molecular weight is 418 g/mol. The fraction of sp³-hybridized carbons (Fsp3) is 0.588. The molecule has 0 N–H and O–H groups in total. The number of rotatable bonds is 7. The molecule has 0 aliphatic carbocycles. The van der Waals surface area contributed by atoms with Crippen LogP contribution in [0.3, 0.4) is 0 Å². The number of carbonyl (C=O) groups excluding carboxylic acids is 2. The van der Waals surface area contributed by atoms with Crippen molar-refractivity contribution in [3.63, 3.8) is 0 Å². The van der Waals surface area contributed by atoms with Gasteiger partial charge in [-0.05, 0) is 33.3 Å². The fourth-order valence-electron chi connectivity index (χ4n) is 2.93. The lowest BCUT2D eigenvalue weighted by Crippen LogP contribution is -2.34. The second-order valence-electron chi connectivity index (χ2n) is 6.30. The molecular weight excluding hydrogens is 394 g/mol. The van der Waals surface area contributed by atoms with Gasteiger partial charge in [-0.1, -0.05) is 11.6 Å². The summed E-state index contributed by atoms with van der Waals surface area (Å²) in [5, 5.41) is 4.59. The molecule has 1 saturated heterocycles. The van der Waals surface area contributed by atoms with Crippen LogP contribution in [0.15, 0.2) is 6.08 Å². The SMILES string of the molecule is CCN(CC)C(=O)COC(=O)/C=C/c1c(C)nn([C@H]2CCS(=O)(=O)C2)c1Cl. The maximum atomic E-state index is 11.9. The summed E-state index contributed by atoms with van der Waals surface area (Å²) < 4.78 is 29.8. The number of halogens is 1. The summed E-state index contributed by atoms with van der Waals surface area (Å²) in [6.07, 6.45) is 3.11. The highest BCUT2D eigenvalue weighted by molar-refractivity contribution is 7.91. The van der Waals surface area contributed by atoms with E-state index in [0.717, 1.165) is 0 Å². The van der Waals surface area contributed by atoms with Crippen LogP contribution in [0.5, 0.6) is 0 Å². The highest BCUT2D eigenvalue weighted by Gasteiger charge is 2.31. The fourth-order valence-corrected chi connectivity index (χ4v) is 5.00. The Bertz CT molecular complexity index is 843. The number of amides is 1. The van der Waals surface area contributed by atoms with Crippen LogP contribution in [0, 0.1) is 6.92 Å². The summed E-state index contributed by atoms with van der Waals surface area (Å²) in [5.74, 6) is -0.800. The molecule has 0 saturated carbocycles. The number of nitrogens with zero attached hydrogens (tertiary/aromatic N) is 3. The van der Waals surface area contributed by atoms with Gasteiger partial charge in [-0.3, -0.25) is 4.79 Å². The van der Waals surface area contributed by atoms with Crippen LogP contribution >= 0.6 is 11.6 Å². The van der Waals surface area contributed by atoms with Crippen molar-refractivity contribution in [2.75, 3.05) is 31.2 Å². The van der Waals surface area contributed by atoms with E-state index in [1.165, 1.54) is 16.8 Å². The molecule has 1 aromatic rings. The minimum atomic E-state index is -3.06. The zero-order chi connectivity index (χ0) is 20.2. The first-order valence-electron chi connectivity index (χ1n) is 8.76. The number of hydrogen-bond donors (Lipinski definition) is 0. The number of aryl methyl sites for hydroxylation is 1. The van der Waals surface area contributed by atoms with Crippen molar-refractivity contribution in [2.24, 2.45) is 0 Å². The average Bonchev–Trinajstić information content (AvgIpc) is 3.11. The third-order valence-electron chi connectivity index (χ3n) is 4.47. The van der Waals surface area contributed by atoms with Crippen LogP contribution in [0.25, 0.3) is 6.08 Å². The Morgan fingerprint density at radius 3 is 2.59 bits per heavy atom. The molecule has 0 bridgehead atoms. The second kappa shape index (κ2) is 8.88. The van der Waals surface area contributed by atoms with Crippen LogP contribution < -0.4 is 0 Å². The Labute approximate surface area is 164 Å². The third-order valence-corrected chi connectivity index (χ3v) is 6.59. The summed E-state index contributed by atoms with van der Waals surface area (Å²) in [4.78, 5) is 25.3. The molecule has 0 radical (unpaired) electrons. The van der Waals surface area contributed by atoms with E-state index in [9.17, 15) is 18.0 Å². The molecule has 0 unspecified atom stereocenters. The molecule has 1 aromatic heterocycles. The second-order valence-corrected chi connectivity index (χ2v) is 8.89. The van der Waals surface area contributed by atoms with Crippen molar-refractivity contribution in [1.82, 2.24) is 14.7 Å². The highest BCUT2D eigenvalue weighted by Crippen LogP contribution is 2.30. The smallest absolute Gasteiger partial charge is 0.331 e. The molecule has 1 amide bonds. The van der Waals surface area contributed by atoms with Crippen molar-refractivity contribution < 1.29 is 22.7 Å². The first-order chi connectivity index (χ1) is 12.7. The molecule has 27 heavy (non-hydrogen) atoms. The molecule has 10 heteroatoms. The van der Waals surface area contributed by atoms with E-state index < -0.39 is 15.8 Å². The Morgan fingerprint density at radius 2 is 2.04 bits per heavy atom. The van der Waals surface area contributed by atoms with E-state index in [1.54, 1.807) is 11.8 Å². The minimum Gasteiger partial charge on any atom is -0.452 e. The van der Waals surface area contributed by atoms with E-state index in [-0.39, 0.29) is 35.2 Å². The molecule has 8 nitrogen and oxygen atoms in total. The van der Waals surface area contributed by atoms with Gasteiger partial charge in [-0.15, -0.1) is 0 Å². The summed E-state index contributed by atoms with van der Waals surface area (Å²) in [6.45, 7) is 6.20. The van der Waals surface area contributed by atoms with Gasteiger partial charge in [0.1, 0.15) is 5.15 Å². The Balaban J connectivity index is 2.03. The summed E-state index contributed by atoms with van der Waals surface area (Å²) in [7, 11) is -3.06. The number of hydrogen-bond acceptors (Lipinski definition) is 6. The van der Waals surface area contributed by atoms with Gasteiger partial charge >= 0.3 is 5.97 Å². The number of esters is 1. The first kappa shape index (κ1) is 21.4. The maximum Gasteiger partial charge on any atom is 0.331 e. The monoisotopic (exact) mass is 417 g/mol. The molecule has 0 aromatic carbocycles. The Kier molecular flexibility index (Phi) is 7.05. The van der Waals surface area contributed by atoms with Gasteiger partial charge in [-0.2, -0.15) is 5.10 Å². The van der Waals surface area contributed by atoms with Gasteiger partial charge in [0.25, 0.3) is 5.91 Å². The van der Waals surface area contributed by atoms with Crippen LogP contribution in [0.2, 0.25) is 5.15 Å². The zero-order valence-electron chi connectivity index (χ0n) is 15.6. The first-order valence-corrected chi connectivity index (χ1v) is 11.0. The maximum absolute atomic E-state index is 11.9. The number of likely N-dealkylation sites (N-methyl/N-ethyl adjacent to an activating group) is 1. The van der Waals surface area contributed by atoms with Crippen LogP contribution in [-0.2, 0) is 24.2 Å². The van der Waals surface area contributed by atoms with Gasteiger partial charge < -0.3 is 9.64 Å². The van der Waals surface area contributed by atoms with Crippen LogP contribution in [0.4, 0.5) is 0 Å². The van der Waals surface area contributed by atoms with Crippen molar-refractivity contribution in [3.8, 4) is 0 Å². The molecule has 1 aliphatic rings. The lowest BCUT2D eigenvalue weighted by Gasteiger charge is -2.17. The molecular formula is C17H24ClN3O5S. The topological polar surface area (TPSA) is 98.6 Å². The molecule has 2 heterocycles. The predicted octanol–water partition coefficient (Wildman–Crippen LogP) is 1.63. The molecule has 1 aliphatic heterocycles. The number of sulfone groups is 1. The van der Waals surface area contributed by atoms with Crippen molar-refractivity contribution >= 4 is 39.4 Å². The van der Waals surface area contributed by atoms with E-state index >= 15 is 0 Å². The summed E-state index contributed by atoms with van der Waals surface area (Å²) in [6, 6.07) is -0.304. The van der Waals surface area contributed by atoms with Gasteiger partial charge in [0, 0.05) is 24.7 Å². The summed E-state index contributed by atoms with van der Waals surface area (Å²) >= 11 is 6.33. The van der Waals surface area contributed by atoms with Gasteiger partial charge in [0.15, 0.2) is 16.4 Å². The van der Waals surface area contributed by atoms with Crippen LogP contribution in [-0.4, -0.2) is 66.2 Å². The number of ether oxygens (including phenoxy) is 1. The quantitative estimate of drug-likeness (QED) is 0.494. The number of carbonyl (C=O) groups is 2. The highest BCUT2D eigenvalue weighted by atomic mass is 35.5. The van der Waals surface area contributed by atoms with E-state index in [0.29, 0.717) is 30.8 Å². The summed E-state index contributed by atoms with van der Waals surface area (Å²) in [5.41, 5.74) is 1.10. The minimum absolute atomic E-state index is 0.00645. The van der Waals surface area contributed by atoms with Crippen molar-refractivity contribution in [2.45, 2.75) is 33.2 Å². The Hall–Kier alpha value is -1.87. The van der Waals surface area contributed by atoms with Gasteiger partial charge in [-0.25, -0.2) is 17.9 Å². The third kappa shape index (κ3) is 5.32. The lowest BCUT2D eigenvalue weighted by molar-refractivity contribution is -0.147. The van der Waals surface area contributed by atoms with Crippen molar-refractivity contribution in [3.05, 3.63) is 22.5 Å². The van der Waals surface area contributed by atoms with E-state index in [2.05, 4.69) is 5.10 Å². The van der Waals surface area contributed by atoms with E-state index in [1.807, 2.05) is 13.8 Å². The van der Waals surface area contributed by atoms with E-state index in [4.69, 9.17) is 16.3 Å². The number of aromatic nitrogens is 2. The molecule has 0 spiro atoms. The zero-order valence-corrected chi connectivity index (χ0v) is 17.2. The molecule has 1 fully saturated rings. The van der Waals surface area contributed by atoms with Gasteiger partial charge in [0.2, 0.25) is 0 Å². The predicted molar refractivity (Wildman–Crippen MR) is 102 cm³/mol. The van der Waals surface area contributed by atoms with Crippen LogP contribution in [0.1, 0.15) is 37.6 Å². The molecule has 2 rings (SSSR count). The molecule has 1 atom stereocenters. The standard InChI is InChI=1S/C17H24ClN3O5S/c1-4-20(5-2)15(22)10-26-16(23)7-6-14-12(3)19-21(17(14)18)13-8-9-27(24,25)11-13/h6-7,13H,4-5,8-11H2,1-3H3/b7-6+/t13-/m0/s1. The Morgan fingerprint density at radius 1 is 1.37 bits per heavy atom. The van der Waals surface area contributed by atoms with Crippen molar-refractivity contribution in [1.29, 1.82) is 0 Å². The normalized spacial score (nSPS) is 18.7. The lowest BCUT2D eigenvalue weighted by atomic mass is 10.2.